The highest BCUT2D eigenvalue weighted by atomic mass is 15.2. The quantitative estimate of drug-likeness (QED) is 0.753. The van der Waals surface area contributed by atoms with E-state index < -0.39 is 0 Å². The Morgan fingerprint density at radius 1 is 0.895 bits per heavy atom. The minimum Gasteiger partial charge on any atom is -0.303 e. The molecule has 0 unspecified atom stereocenters. The summed E-state index contributed by atoms with van der Waals surface area (Å²) >= 11 is 0. The van der Waals surface area contributed by atoms with Gasteiger partial charge in [-0.2, -0.15) is 0 Å². The molecule has 0 aromatic carbocycles. The van der Waals surface area contributed by atoms with Crippen molar-refractivity contribution in [2.45, 2.75) is 65.8 Å². The number of hydrogen-bond donors (Lipinski definition) is 0. The lowest BCUT2D eigenvalue weighted by Crippen LogP contribution is -2.52. The lowest BCUT2D eigenvalue weighted by atomic mass is 9.70. The summed E-state index contributed by atoms with van der Waals surface area (Å²) in [5.74, 6) is 0.816. The van der Waals surface area contributed by atoms with Crippen LogP contribution in [0.15, 0.2) is 0 Å². The summed E-state index contributed by atoms with van der Waals surface area (Å²) in [5, 5.41) is 0. The van der Waals surface area contributed by atoms with Crippen LogP contribution >= 0.6 is 0 Å². The molecular weight excluding hydrogens is 232 g/mol. The van der Waals surface area contributed by atoms with E-state index >= 15 is 0 Å². The molecule has 2 aliphatic rings. The topological polar surface area (TPSA) is 6.48 Å². The van der Waals surface area contributed by atoms with Gasteiger partial charge in [0.25, 0.3) is 0 Å². The van der Waals surface area contributed by atoms with Gasteiger partial charge in [0.2, 0.25) is 0 Å². The van der Waals surface area contributed by atoms with Gasteiger partial charge in [-0.3, -0.25) is 4.90 Å². The Hall–Kier alpha value is -0.0800. The van der Waals surface area contributed by atoms with Gasteiger partial charge in [-0.15, -0.1) is 0 Å². The van der Waals surface area contributed by atoms with Crippen molar-refractivity contribution in [1.29, 1.82) is 0 Å². The van der Waals surface area contributed by atoms with Crippen molar-refractivity contribution in [3.63, 3.8) is 0 Å². The van der Waals surface area contributed by atoms with Gasteiger partial charge in [0.1, 0.15) is 0 Å². The molecule has 112 valence electrons. The van der Waals surface area contributed by atoms with Crippen LogP contribution in [-0.4, -0.2) is 48.1 Å². The molecule has 2 aliphatic heterocycles. The first-order valence-corrected chi connectivity index (χ1v) is 8.28. The Morgan fingerprint density at radius 3 is 1.79 bits per heavy atom. The van der Waals surface area contributed by atoms with Crippen LogP contribution in [0.25, 0.3) is 0 Å². The maximum atomic E-state index is 2.69. The third kappa shape index (κ3) is 3.95. The monoisotopic (exact) mass is 266 g/mol. The van der Waals surface area contributed by atoms with Gasteiger partial charge < -0.3 is 4.90 Å². The Kier molecular flexibility index (Phi) is 4.62. The summed E-state index contributed by atoms with van der Waals surface area (Å²) in [5.41, 5.74) is 1.05. The molecule has 2 heteroatoms. The molecule has 2 fully saturated rings. The van der Waals surface area contributed by atoms with E-state index in [2.05, 4.69) is 44.4 Å². The number of rotatable bonds is 2. The van der Waals surface area contributed by atoms with E-state index in [0.717, 1.165) is 5.92 Å². The van der Waals surface area contributed by atoms with Crippen molar-refractivity contribution in [2.24, 2.45) is 11.3 Å². The minimum absolute atomic E-state index is 0.361. The van der Waals surface area contributed by atoms with E-state index in [1.165, 1.54) is 58.4 Å². The molecule has 0 radical (unpaired) electrons. The summed E-state index contributed by atoms with van der Waals surface area (Å²) in [6.07, 6.45) is 5.75. The van der Waals surface area contributed by atoms with Gasteiger partial charge in [0.05, 0.1) is 0 Å². The van der Waals surface area contributed by atoms with Gasteiger partial charge in [0, 0.05) is 12.1 Å². The number of likely N-dealkylation sites (tertiary alicyclic amines) is 2. The molecule has 0 bridgehead atoms. The zero-order valence-corrected chi connectivity index (χ0v) is 13.8. The van der Waals surface area contributed by atoms with E-state index in [-0.39, 0.29) is 0 Å². The molecule has 0 atom stereocenters. The molecule has 2 saturated heterocycles. The molecule has 0 aromatic rings. The van der Waals surface area contributed by atoms with Crippen LogP contribution in [0.4, 0.5) is 0 Å². The summed E-state index contributed by atoms with van der Waals surface area (Å²) in [7, 11) is 0. The molecule has 0 N–H and O–H groups in total. The van der Waals surface area contributed by atoms with E-state index in [1.807, 2.05) is 0 Å². The summed E-state index contributed by atoms with van der Waals surface area (Å²) in [6.45, 7) is 18.4. The molecule has 0 saturated carbocycles. The van der Waals surface area contributed by atoms with Crippen molar-refractivity contribution < 1.29 is 0 Å². The largest absolute Gasteiger partial charge is 0.303 e. The Balaban J connectivity index is 1.82. The van der Waals surface area contributed by atoms with Gasteiger partial charge in [-0.1, -0.05) is 13.8 Å². The molecule has 0 aliphatic carbocycles. The molecule has 0 amide bonds. The standard InChI is InChI=1S/C17H34N2/c1-15(2)14-18-10-6-17(7-11-18)8-12-19(13-9-17)16(3,4)5/h15H,6-14H2,1-5H3. The predicted molar refractivity (Wildman–Crippen MR) is 83.5 cm³/mol. The lowest BCUT2D eigenvalue weighted by Gasteiger charge is -2.50. The Bertz CT molecular complexity index is 272. The van der Waals surface area contributed by atoms with Gasteiger partial charge in [-0.25, -0.2) is 0 Å². The molecule has 2 heterocycles. The fraction of sp³-hybridized carbons (Fsp3) is 1.00. The van der Waals surface area contributed by atoms with Crippen LogP contribution < -0.4 is 0 Å². The average molecular weight is 266 g/mol. The van der Waals surface area contributed by atoms with Crippen molar-refractivity contribution in [1.82, 2.24) is 9.80 Å². The minimum atomic E-state index is 0.361. The van der Waals surface area contributed by atoms with Gasteiger partial charge in [0.15, 0.2) is 0 Å². The SMILES string of the molecule is CC(C)CN1CCC2(CC1)CCN(C(C)(C)C)CC2. The predicted octanol–water partition coefficient (Wildman–Crippen LogP) is 3.62. The Morgan fingerprint density at radius 2 is 1.37 bits per heavy atom. The molecule has 0 aromatic heterocycles. The summed E-state index contributed by atoms with van der Waals surface area (Å²) < 4.78 is 0. The zero-order valence-electron chi connectivity index (χ0n) is 13.8. The number of piperidine rings is 2. The maximum absolute atomic E-state index is 2.69. The van der Waals surface area contributed by atoms with E-state index in [0.29, 0.717) is 11.0 Å². The van der Waals surface area contributed by atoms with Crippen molar-refractivity contribution >= 4 is 0 Å². The van der Waals surface area contributed by atoms with E-state index in [4.69, 9.17) is 0 Å². The fourth-order valence-corrected chi connectivity index (χ4v) is 3.88. The summed E-state index contributed by atoms with van der Waals surface area (Å²) in [4.78, 5) is 5.37. The van der Waals surface area contributed by atoms with Crippen LogP contribution in [0.5, 0.6) is 0 Å². The third-order valence-corrected chi connectivity index (χ3v) is 5.31. The molecule has 2 rings (SSSR count). The van der Waals surface area contributed by atoms with Crippen LogP contribution in [0.1, 0.15) is 60.3 Å². The molecular formula is C17H34N2. The first-order chi connectivity index (χ1) is 8.81. The smallest absolute Gasteiger partial charge is 0.0125 e. The van der Waals surface area contributed by atoms with Gasteiger partial charge >= 0.3 is 0 Å². The number of hydrogen-bond acceptors (Lipinski definition) is 2. The van der Waals surface area contributed by atoms with Crippen LogP contribution in [0.3, 0.4) is 0 Å². The van der Waals surface area contributed by atoms with Crippen LogP contribution in [-0.2, 0) is 0 Å². The zero-order chi connectivity index (χ0) is 14.1. The highest BCUT2D eigenvalue weighted by Crippen LogP contribution is 2.42. The summed E-state index contributed by atoms with van der Waals surface area (Å²) in [6, 6.07) is 0. The maximum Gasteiger partial charge on any atom is 0.0125 e. The highest BCUT2D eigenvalue weighted by Gasteiger charge is 2.39. The van der Waals surface area contributed by atoms with E-state index in [9.17, 15) is 0 Å². The molecule has 2 nitrogen and oxygen atoms in total. The molecule has 1 spiro atoms. The van der Waals surface area contributed by atoms with Crippen LogP contribution in [0.2, 0.25) is 0 Å². The first kappa shape index (κ1) is 15.3. The second kappa shape index (κ2) is 5.73. The van der Waals surface area contributed by atoms with Crippen LogP contribution in [0, 0.1) is 11.3 Å². The molecule has 19 heavy (non-hydrogen) atoms. The lowest BCUT2D eigenvalue weighted by molar-refractivity contribution is 0.00160. The third-order valence-electron chi connectivity index (χ3n) is 5.31. The normalized spacial score (nSPS) is 26.2. The average Bonchev–Trinajstić information content (AvgIpc) is 2.31. The van der Waals surface area contributed by atoms with Crippen molar-refractivity contribution in [3.8, 4) is 0 Å². The van der Waals surface area contributed by atoms with E-state index in [1.54, 1.807) is 0 Å². The van der Waals surface area contributed by atoms with Crippen molar-refractivity contribution in [3.05, 3.63) is 0 Å². The highest BCUT2D eigenvalue weighted by molar-refractivity contribution is 4.93. The second-order valence-electron chi connectivity index (χ2n) is 8.35. The van der Waals surface area contributed by atoms with Gasteiger partial charge in [-0.05, 0) is 84.0 Å². The van der Waals surface area contributed by atoms with Crippen molar-refractivity contribution in [2.75, 3.05) is 32.7 Å². The Labute approximate surface area is 120 Å². The number of nitrogens with zero attached hydrogens (tertiary/aromatic N) is 2. The second-order valence-corrected chi connectivity index (χ2v) is 8.35. The fourth-order valence-electron chi connectivity index (χ4n) is 3.88. The first-order valence-electron chi connectivity index (χ1n) is 8.28.